The average Bonchev–Trinajstić information content (AvgIpc) is 3.34. The van der Waals surface area contributed by atoms with E-state index in [1.165, 1.54) is 62.8 Å². The summed E-state index contributed by atoms with van der Waals surface area (Å²) in [5.41, 5.74) is 2.93. The number of nitrogens with one attached hydrogen (secondary N) is 2. The van der Waals surface area contributed by atoms with E-state index in [0.717, 1.165) is 19.6 Å². The van der Waals surface area contributed by atoms with E-state index in [9.17, 15) is 0 Å². The smallest absolute Gasteiger partial charge is 0.0689 e. The molecule has 138 valence electrons. The van der Waals surface area contributed by atoms with Gasteiger partial charge in [0.2, 0.25) is 0 Å². The van der Waals surface area contributed by atoms with E-state index in [0.29, 0.717) is 5.92 Å². The third kappa shape index (κ3) is 5.21. The minimum atomic E-state index is 0.243. The lowest BCUT2D eigenvalue weighted by atomic mass is 9.82. The summed E-state index contributed by atoms with van der Waals surface area (Å²) in [7, 11) is 0. The molecule has 1 aliphatic carbocycles. The van der Waals surface area contributed by atoms with E-state index >= 15 is 0 Å². The predicted octanol–water partition coefficient (Wildman–Crippen LogP) is 4.52. The van der Waals surface area contributed by atoms with E-state index in [1.807, 2.05) is 6.07 Å². The SMILES string of the molecule is C1=CCNC([C@@H]2CCOC3(CCCC3)C2)=C1.CCCCc1ccn[nH]1. The predicted molar refractivity (Wildman–Crippen MR) is 102 cm³/mol. The third-order valence-corrected chi connectivity index (χ3v) is 5.64. The lowest BCUT2D eigenvalue weighted by molar-refractivity contribution is -0.0877. The third-order valence-electron chi connectivity index (χ3n) is 5.64. The number of hydrogen-bond acceptors (Lipinski definition) is 3. The first kappa shape index (κ1) is 18.2. The Bertz CT molecular complexity index is 556. The van der Waals surface area contributed by atoms with Crippen LogP contribution in [0.1, 0.15) is 64.0 Å². The first-order chi connectivity index (χ1) is 12.3. The number of rotatable bonds is 4. The second-order valence-electron chi connectivity index (χ2n) is 7.54. The molecular formula is C21H33N3O. The minimum Gasteiger partial charge on any atom is -0.385 e. The summed E-state index contributed by atoms with van der Waals surface area (Å²) >= 11 is 0. The van der Waals surface area contributed by atoms with Crippen LogP contribution >= 0.6 is 0 Å². The fourth-order valence-corrected chi connectivity index (χ4v) is 4.21. The van der Waals surface area contributed by atoms with Crippen molar-refractivity contribution in [2.24, 2.45) is 5.92 Å². The van der Waals surface area contributed by atoms with E-state index in [2.05, 4.69) is 40.7 Å². The molecule has 4 heteroatoms. The van der Waals surface area contributed by atoms with Gasteiger partial charge in [-0.2, -0.15) is 5.10 Å². The van der Waals surface area contributed by atoms with Crippen molar-refractivity contribution in [2.45, 2.75) is 70.3 Å². The van der Waals surface area contributed by atoms with Crippen LogP contribution in [-0.4, -0.2) is 29.0 Å². The molecule has 2 N–H and O–H groups in total. The van der Waals surface area contributed by atoms with Crippen molar-refractivity contribution in [1.29, 1.82) is 0 Å². The molecule has 0 radical (unpaired) electrons. The van der Waals surface area contributed by atoms with Crippen LogP contribution in [0.15, 0.2) is 36.2 Å². The zero-order chi connectivity index (χ0) is 17.4. The molecule has 1 atom stereocenters. The summed E-state index contributed by atoms with van der Waals surface area (Å²) in [6.45, 7) is 4.14. The molecule has 2 fully saturated rings. The molecule has 1 aromatic rings. The van der Waals surface area contributed by atoms with Crippen molar-refractivity contribution >= 4 is 0 Å². The van der Waals surface area contributed by atoms with Gasteiger partial charge in [0.15, 0.2) is 0 Å². The fourth-order valence-electron chi connectivity index (χ4n) is 4.21. The molecule has 2 aliphatic heterocycles. The molecule has 4 rings (SSSR count). The molecule has 3 aliphatic rings. The summed E-state index contributed by atoms with van der Waals surface area (Å²) in [6.07, 6.45) is 19.8. The van der Waals surface area contributed by atoms with Gasteiger partial charge in [-0.3, -0.25) is 5.10 Å². The molecule has 0 bridgehead atoms. The Hall–Kier alpha value is -1.55. The van der Waals surface area contributed by atoms with Crippen molar-refractivity contribution in [3.8, 4) is 0 Å². The van der Waals surface area contributed by atoms with Gasteiger partial charge in [0, 0.05) is 36.7 Å². The first-order valence-electron chi connectivity index (χ1n) is 10.0. The number of H-pyrrole nitrogens is 1. The highest BCUT2D eigenvalue weighted by molar-refractivity contribution is 5.20. The Labute approximate surface area is 152 Å². The monoisotopic (exact) mass is 343 g/mol. The molecule has 25 heavy (non-hydrogen) atoms. The minimum absolute atomic E-state index is 0.243. The van der Waals surface area contributed by atoms with Gasteiger partial charge in [0.1, 0.15) is 0 Å². The van der Waals surface area contributed by atoms with Crippen LogP contribution in [0.2, 0.25) is 0 Å². The highest BCUT2D eigenvalue weighted by Gasteiger charge is 2.40. The average molecular weight is 344 g/mol. The van der Waals surface area contributed by atoms with Gasteiger partial charge in [-0.05, 0) is 50.7 Å². The molecule has 0 unspecified atom stereocenters. The summed E-state index contributed by atoms with van der Waals surface area (Å²) < 4.78 is 6.07. The van der Waals surface area contributed by atoms with Gasteiger partial charge in [0.25, 0.3) is 0 Å². The van der Waals surface area contributed by atoms with Gasteiger partial charge in [-0.15, -0.1) is 0 Å². The maximum Gasteiger partial charge on any atom is 0.0689 e. The molecule has 1 saturated heterocycles. The van der Waals surface area contributed by atoms with Gasteiger partial charge in [-0.1, -0.05) is 38.3 Å². The number of aromatic amines is 1. The fraction of sp³-hybridized carbons (Fsp3) is 0.667. The van der Waals surface area contributed by atoms with Gasteiger partial charge in [0.05, 0.1) is 5.60 Å². The van der Waals surface area contributed by atoms with E-state index in [-0.39, 0.29) is 5.60 Å². The van der Waals surface area contributed by atoms with Crippen LogP contribution < -0.4 is 5.32 Å². The zero-order valence-electron chi connectivity index (χ0n) is 15.6. The number of unbranched alkanes of at least 4 members (excludes halogenated alkanes) is 1. The Morgan fingerprint density at radius 1 is 1.32 bits per heavy atom. The number of aromatic nitrogens is 2. The van der Waals surface area contributed by atoms with Crippen molar-refractivity contribution in [3.63, 3.8) is 0 Å². The Balaban J connectivity index is 0.000000173. The number of aryl methyl sites for hydroxylation is 1. The topological polar surface area (TPSA) is 49.9 Å². The van der Waals surface area contributed by atoms with Crippen molar-refractivity contribution in [2.75, 3.05) is 13.2 Å². The zero-order valence-corrected chi connectivity index (χ0v) is 15.6. The number of nitrogens with zero attached hydrogens (tertiary/aromatic N) is 1. The lowest BCUT2D eigenvalue weighted by Crippen LogP contribution is -2.39. The normalized spacial score (nSPS) is 24.4. The highest BCUT2D eigenvalue weighted by atomic mass is 16.5. The molecule has 1 saturated carbocycles. The number of ether oxygens (including phenoxy) is 1. The first-order valence-corrected chi connectivity index (χ1v) is 10.0. The summed E-state index contributed by atoms with van der Waals surface area (Å²) in [4.78, 5) is 0. The largest absolute Gasteiger partial charge is 0.385 e. The van der Waals surface area contributed by atoms with Crippen LogP contribution in [0, 0.1) is 5.92 Å². The number of hydrogen-bond donors (Lipinski definition) is 2. The van der Waals surface area contributed by atoms with Gasteiger partial charge >= 0.3 is 0 Å². The molecular weight excluding hydrogens is 310 g/mol. The Morgan fingerprint density at radius 2 is 2.20 bits per heavy atom. The van der Waals surface area contributed by atoms with Crippen LogP contribution in [-0.2, 0) is 11.2 Å². The van der Waals surface area contributed by atoms with Crippen LogP contribution in [0.5, 0.6) is 0 Å². The summed E-state index contributed by atoms with van der Waals surface area (Å²) in [5, 5.41) is 10.3. The second kappa shape index (κ2) is 9.23. The second-order valence-corrected chi connectivity index (χ2v) is 7.54. The lowest BCUT2D eigenvalue weighted by Gasteiger charge is -2.39. The quantitative estimate of drug-likeness (QED) is 0.845. The maximum atomic E-state index is 6.07. The standard InChI is InChI=1S/C14H21NO.C7H12N2/c1-4-9-15-13(5-1)12-6-10-16-14(11-12)7-2-3-8-14;1-2-3-4-7-5-6-8-9-7/h1,4-5,12,15H,2-3,6-11H2;5-6H,2-4H2,1H3,(H,8,9)/t12-;/m1./s1. The van der Waals surface area contributed by atoms with Crippen LogP contribution in [0.3, 0.4) is 0 Å². The number of dihydropyridines is 1. The van der Waals surface area contributed by atoms with Crippen molar-refractivity contribution < 1.29 is 4.74 Å². The molecule has 0 aromatic carbocycles. The van der Waals surface area contributed by atoms with Gasteiger partial charge < -0.3 is 10.1 Å². The van der Waals surface area contributed by atoms with Crippen molar-refractivity contribution in [3.05, 3.63) is 41.9 Å². The molecule has 3 heterocycles. The summed E-state index contributed by atoms with van der Waals surface area (Å²) in [6, 6.07) is 2.02. The Kier molecular flexibility index (Phi) is 6.74. The van der Waals surface area contributed by atoms with E-state index in [4.69, 9.17) is 4.74 Å². The maximum absolute atomic E-state index is 6.07. The van der Waals surface area contributed by atoms with Crippen LogP contribution in [0.25, 0.3) is 0 Å². The number of allylic oxidation sites excluding steroid dienone is 3. The molecule has 1 aromatic heterocycles. The molecule has 1 spiro atoms. The van der Waals surface area contributed by atoms with E-state index < -0.39 is 0 Å². The molecule has 0 amide bonds. The van der Waals surface area contributed by atoms with Crippen LogP contribution in [0.4, 0.5) is 0 Å². The highest BCUT2D eigenvalue weighted by Crippen LogP contribution is 2.43. The molecule has 4 nitrogen and oxygen atoms in total. The summed E-state index contributed by atoms with van der Waals surface area (Å²) in [5.74, 6) is 0.705. The van der Waals surface area contributed by atoms with Crippen molar-refractivity contribution in [1.82, 2.24) is 15.5 Å². The van der Waals surface area contributed by atoms with E-state index in [1.54, 1.807) is 6.20 Å². The Morgan fingerprint density at radius 3 is 2.88 bits per heavy atom. The van der Waals surface area contributed by atoms with Gasteiger partial charge in [-0.25, -0.2) is 0 Å².